The number of amides is 1. The van der Waals surface area contributed by atoms with E-state index in [9.17, 15) is 30.3 Å². The first-order chi connectivity index (χ1) is 27.3. The van der Waals surface area contributed by atoms with E-state index in [-0.39, 0.29) is 12.5 Å². The lowest BCUT2D eigenvalue weighted by Gasteiger charge is -2.40. The maximum absolute atomic E-state index is 12.8. The number of hydrogen-bond acceptors (Lipinski definition) is 8. The van der Waals surface area contributed by atoms with Gasteiger partial charge in [0.25, 0.3) is 0 Å². The number of aliphatic hydroxyl groups excluding tert-OH is 5. The molecule has 318 valence electrons. The Morgan fingerprint density at radius 2 is 1.11 bits per heavy atom. The summed E-state index contributed by atoms with van der Waals surface area (Å²) in [6.07, 6.45) is 44.5. The number of nitrogens with one attached hydrogen (secondary N) is 1. The highest BCUT2D eigenvalue weighted by atomic mass is 16.7. The summed E-state index contributed by atoms with van der Waals surface area (Å²) in [5.74, 6) is -0.198. The Balaban J connectivity index is 2.28. The number of rotatable bonds is 33. The van der Waals surface area contributed by atoms with E-state index in [1.54, 1.807) is 0 Å². The van der Waals surface area contributed by atoms with Gasteiger partial charge in [0.2, 0.25) is 5.91 Å². The molecule has 1 amide bonds. The molecule has 0 aromatic rings. The third-order valence-electron chi connectivity index (χ3n) is 9.45. The van der Waals surface area contributed by atoms with Crippen molar-refractivity contribution < 1.29 is 39.8 Å². The zero-order valence-electron chi connectivity index (χ0n) is 34.6. The van der Waals surface area contributed by atoms with E-state index in [4.69, 9.17) is 9.47 Å². The molecule has 7 atom stereocenters. The fraction of sp³-hybridized carbons (Fsp3) is 0.638. The van der Waals surface area contributed by atoms with Gasteiger partial charge in [0.05, 0.1) is 25.4 Å². The minimum Gasteiger partial charge on any atom is -0.394 e. The maximum Gasteiger partial charge on any atom is 0.220 e. The van der Waals surface area contributed by atoms with Crippen molar-refractivity contribution in [1.82, 2.24) is 5.32 Å². The number of carbonyl (C=O) groups excluding carboxylic acids is 1. The molecule has 7 unspecified atom stereocenters. The van der Waals surface area contributed by atoms with Crippen molar-refractivity contribution >= 4 is 5.91 Å². The summed E-state index contributed by atoms with van der Waals surface area (Å²) >= 11 is 0. The lowest BCUT2D eigenvalue weighted by Crippen LogP contribution is -2.60. The molecular formula is C47H77NO8. The van der Waals surface area contributed by atoms with Crippen molar-refractivity contribution in [1.29, 1.82) is 0 Å². The molecule has 9 nitrogen and oxygen atoms in total. The zero-order valence-corrected chi connectivity index (χ0v) is 34.6. The van der Waals surface area contributed by atoms with E-state index >= 15 is 0 Å². The third kappa shape index (κ3) is 26.9. The second kappa shape index (κ2) is 36.5. The minimum absolute atomic E-state index is 0.165. The van der Waals surface area contributed by atoms with E-state index in [0.717, 1.165) is 96.3 Å². The average Bonchev–Trinajstić information content (AvgIpc) is 3.20. The normalized spacial score (nSPS) is 22.2. The van der Waals surface area contributed by atoms with Gasteiger partial charge < -0.3 is 40.3 Å². The summed E-state index contributed by atoms with van der Waals surface area (Å²) in [6, 6.07) is -0.745. The van der Waals surface area contributed by atoms with Crippen LogP contribution in [0.4, 0.5) is 0 Å². The fourth-order valence-electron chi connectivity index (χ4n) is 6.00. The Labute approximate surface area is 339 Å². The van der Waals surface area contributed by atoms with Crippen molar-refractivity contribution in [3.8, 4) is 0 Å². The Kier molecular flexibility index (Phi) is 33.3. The molecule has 0 saturated carbocycles. The highest BCUT2D eigenvalue weighted by Crippen LogP contribution is 2.22. The van der Waals surface area contributed by atoms with Crippen molar-refractivity contribution in [3.05, 3.63) is 97.2 Å². The van der Waals surface area contributed by atoms with Crippen LogP contribution in [0.3, 0.4) is 0 Å². The molecule has 9 heteroatoms. The van der Waals surface area contributed by atoms with Crippen LogP contribution in [0.5, 0.6) is 0 Å². The molecule has 1 heterocycles. The lowest BCUT2D eigenvalue weighted by molar-refractivity contribution is -0.302. The van der Waals surface area contributed by atoms with Gasteiger partial charge in [0, 0.05) is 6.42 Å². The van der Waals surface area contributed by atoms with E-state index in [0.29, 0.717) is 19.3 Å². The number of unbranched alkanes of at least 4 members (excludes halogenated alkanes) is 7. The monoisotopic (exact) mass is 784 g/mol. The van der Waals surface area contributed by atoms with Gasteiger partial charge in [0.15, 0.2) is 6.29 Å². The molecule has 0 aliphatic carbocycles. The summed E-state index contributed by atoms with van der Waals surface area (Å²) in [6.45, 7) is 3.58. The second-order valence-electron chi connectivity index (χ2n) is 14.4. The van der Waals surface area contributed by atoms with Gasteiger partial charge in [-0.1, -0.05) is 150 Å². The van der Waals surface area contributed by atoms with Gasteiger partial charge >= 0.3 is 0 Å². The lowest BCUT2D eigenvalue weighted by atomic mass is 9.99. The molecule has 1 saturated heterocycles. The van der Waals surface area contributed by atoms with Crippen molar-refractivity contribution in [2.24, 2.45) is 0 Å². The van der Waals surface area contributed by atoms with Crippen LogP contribution in [-0.4, -0.2) is 87.5 Å². The smallest absolute Gasteiger partial charge is 0.220 e. The van der Waals surface area contributed by atoms with Crippen LogP contribution in [0.1, 0.15) is 136 Å². The number of hydrogen-bond donors (Lipinski definition) is 6. The summed E-state index contributed by atoms with van der Waals surface area (Å²) in [5.41, 5.74) is 0. The Bertz CT molecular complexity index is 1190. The SMILES string of the molecule is CC/C=C\C/C=C\C/C=C\C/C=C\C/C=C\C/C=C\C/C=C\C/C=C\CCCCC(=O)NC(COC1OC(CO)C(O)C(O)C1O)C(O)CCCCCCCC. The molecule has 1 rings (SSSR count). The third-order valence-corrected chi connectivity index (χ3v) is 9.45. The Hall–Kier alpha value is -2.89. The molecule has 6 N–H and O–H groups in total. The molecule has 56 heavy (non-hydrogen) atoms. The number of aliphatic hydroxyl groups is 5. The largest absolute Gasteiger partial charge is 0.394 e. The standard InChI is InChI=1S/C47H77NO8/c1-3-5-7-9-11-12-13-14-15-16-17-18-19-20-21-22-23-24-25-26-27-28-29-30-31-33-35-37-43(51)48-40(41(50)36-34-32-10-8-6-4-2)39-55-47-46(54)45(53)44(52)42(38-49)56-47/h5,7,11-12,14-15,17-18,20-21,23-24,26-27,29-30,40-42,44-47,49-50,52-54H,3-4,6,8-10,13,16,19,22,25,28,31-39H2,1-2H3,(H,48,51)/b7-5-,12-11-,15-14-,18-17-,21-20-,24-23-,27-26-,30-29-. The van der Waals surface area contributed by atoms with Gasteiger partial charge in [-0.2, -0.15) is 0 Å². The van der Waals surface area contributed by atoms with Crippen molar-refractivity contribution in [2.75, 3.05) is 13.2 Å². The first kappa shape index (κ1) is 51.1. The van der Waals surface area contributed by atoms with Crippen LogP contribution in [0.25, 0.3) is 0 Å². The predicted octanol–water partition coefficient (Wildman–Crippen LogP) is 8.55. The van der Waals surface area contributed by atoms with Gasteiger partial charge in [-0.25, -0.2) is 0 Å². The Morgan fingerprint density at radius 1 is 0.625 bits per heavy atom. The van der Waals surface area contributed by atoms with E-state index in [1.165, 1.54) is 6.42 Å². The first-order valence-corrected chi connectivity index (χ1v) is 21.4. The average molecular weight is 784 g/mol. The summed E-state index contributed by atoms with van der Waals surface area (Å²) in [7, 11) is 0. The zero-order chi connectivity index (χ0) is 40.9. The highest BCUT2D eigenvalue weighted by molar-refractivity contribution is 5.76. The molecule has 0 radical (unpaired) electrons. The molecule has 0 aromatic heterocycles. The highest BCUT2D eigenvalue weighted by Gasteiger charge is 2.44. The summed E-state index contributed by atoms with van der Waals surface area (Å²) < 4.78 is 11.1. The Morgan fingerprint density at radius 3 is 1.61 bits per heavy atom. The van der Waals surface area contributed by atoms with E-state index in [2.05, 4.69) is 116 Å². The molecule has 1 aliphatic heterocycles. The van der Waals surface area contributed by atoms with Gasteiger partial charge in [-0.05, 0) is 77.0 Å². The molecule has 1 aliphatic rings. The van der Waals surface area contributed by atoms with E-state index < -0.39 is 49.5 Å². The summed E-state index contributed by atoms with van der Waals surface area (Å²) in [5, 5.41) is 53.8. The van der Waals surface area contributed by atoms with Gasteiger partial charge in [-0.15, -0.1) is 0 Å². The molecule has 1 fully saturated rings. The van der Waals surface area contributed by atoms with Gasteiger partial charge in [-0.3, -0.25) is 4.79 Å². The van der Waals surface area contributed by atoms with Crippen LogP contribution in [0.2, 0.25) is 0 Å². The quantitative estimate of drug-likeness (QED) is 0.0287. The molecule has 0 aromatic carbocycles. The van der Waals surface area contributed by atoms with Crippen molar-refractivity contribution in [3.63, 3.8) is 0 Å². The summed E-state index contributed by atoms with van der Waals surface area (Å²) in [4.78, 5) is 12.8. The van der Waals surface area contributed by atoms with E-state index in [1.807, 2.05) is 0 Å². The molecule has 0 spiro atoms. The van der Waals surface area contributed by atoms with Crippen LogP contribution >= 0.6 is 0 Å². The molecule has 0 bridgehead atoms. The minimum atomic E-state index is -1.56. The van der Waals surface area contributed by atoms with Crippen LogP contribution in [0, 0.1) is 0 Å². The molecular weight excluding hydrogens is 707 g/mol. The van der Waals surface area contributed by atoms with Crippen LogP contribution in [-0.2, 0) is 14.3 Å². The number of carbonyl (C=O) groups is 1. The first-order valence-electron chi connectivity index (χ1n) is 21.4. The van der Waals surface area contributed by atoms with Crippen LogP contribution < -0.4 is 5.32 Å². The second-order valence-corrected chi connectivity index (χ2v) is 14.4. The maximum atomic E-state index is 12.8. The van der Waals surface area contributed by atoms with Crippen molar-refractivity contribution in [2.45, 2.75) is 179 Å². The number of allylic oxidation sites excluding steroid dienone is 16. The topological polar surface area (TPSA) is 149 Å². The van der Waals surface area contributed by atoms with Gasteiger partial charge in [0.1, 0.15) is 24.4 Å². The van der Waals surface area contributed by atoms with Crippen LogP contribution in [0.15, 0.2) is 97.2 Å². The fourth-order valence-corrected chi connectivity index (χ4v) is 6.00. The predicted molar refractivity (Wildman–Crippen MR) is 230 cm³/mol. The number of ether oxygens (including phenoxy) is 2.